The van der Waals surface area contributed by atoms with E-state index in [2.05, 4.69) is 0 Å². The van der Waals surface area contributed by atoms with Crippen molar-refractivity contribution in [3.63, 3.8) is 0 Å². The maximum atomic E-state index is 13.0. The smallest absolute Gasteiger partial charge is 0.159 e. The first kappa shape index (κ1) is 10.3. The Bertz CT molecular complexity index is 412. The minimum absolute atomic E-state index is 0.0117. The van der Waals surface area contributed by atoms with Gasteiger partial charge in [-0.3, -0.25) is 0 Å². The van der Waals surface area contributed by atoms with Gasteiger partial charge in [0, 0.05) is 5.92 Å². The molecule has 1 aliphatic rings. The molecule has 1 nitrogen and oxygen atoms in total. The summed E-state index contributed by atoms with van der Waals surface area (Å²) < 4.78 is 25.9. The van der Waals surface area contributed by atoms with Crippen molar-refractivity contribution in [2.75, 3.05) is 0 Å². The molecule has 0 spiro atoms. The van der Waals surface area contributed by atoms with Crippen molar-refractivity contribution < 1.29 is 13.9 Å². The Kier molecular flexibility index (Phi) is 2.57. The second-order valence-corrected chi connectivity index (χ2v) is 3.77. The third-order valence-electron chi connectivity index (χ3n) is 2.84. The molecule has 15 heavy (non-hydrogen) atoms. The van der Waals surface area contributed by atoms with E-state index in [0.717, 1.165) is 18.6 Å². The van der Waals surface area contributed by atoms with Crippen LogP contribution in [0.25, 0.3) is 6.08 Å². The van der Waals surface area contributed by atoms with Crippen LogP contribution in [0.2, 0.25) is 0 Å². The third-order valence-corrected chi connectivity index (χ3v) is 2.84. The Morgan fingerprint density at radius 2 is 1.93 bits per heavy atom. The number of rotatable bonds is 1. The van der Waals surface area contributed by atoms with Crippen LogP contribution in [-0.2, 0) is 0 Å². The van der Waals surface area contributed by atoms with Gasteiger partial charge in [-0.25, -0.2) is 8.78 Å². The van der Waals surface area contributed by atoms with Gasteiger partial charge in [-0.1, -0.05) is 19.1 Å². The molecular formula is C12H12F2O. The Labute approximate surface area is 87.1 Å². The Morgan fingerprint density at radius 3 is 2.60 bits per heavy atom. The number of benzene rings is 1. The molecule has 3 heteroatoms. The van der Waals surface area contributed by atoms with Crippen LogP contribution in [0.3, 0.4) is 0 Å². The molecule has 0 fully saturated rings. The molecule has 2 rings (SSSR count). The number of fused-ring (bicyclic) bond motifs is 1. The van der Waals surface area contributed by atoms with Gasteiger partial charge in [0.05, 0.1) is 6.10 Å². The lowest BCUT2D eigenvalue weighted by Gasteiger charge is -2.24. The summed E-state index contributed by atoms with van der Waals surface area (Å²) in [6.07, 6.45) is 3.62. The first-order chi connectivity index (χ1) is 7.13. The minimum Gasteiger partial charge on any atom is -0.388 e. The molecule has 0 aromatic heterocycles. The molecular weight excluding hydrogens is 198 g/mol. The van der Waals surface area contributed by atoms with Crippen molar-refractivity contribution in [1.29, 1.82) is 0 Å². The summed E-state index contributed by atoms with van der Waals surface area (Å²) in [5, 5.41) is 9.90. The summed E-state index contributed by atoms with van der Waals surface area (Å²) in [6.45, 7) is 1.95. The standard InChI is InChI=1S/C12H12F2O/c1-2-7-3-4-8-5-10(13)11(14)6-9(8)12(7)15/h3-7,12,15H,2H2,1H3/t7-,12-/m0/s1. The highest BCUT2D eigenvalue weighted by molar-refractivity contribution is 5.58. The number of halogens is 2. The summed E-state index contributed by atoms with van der Waals surface area (Å²) in [5.74, 6) is -1.79. The maximum absolute atomic E-state index is 13.0. The van der Waals surface area contributed by atoms with Crippen molar-refractivity contribution >= 4 is 6.08 Å². The zero-order valence-corrected chi connectivity index (χ0v) is 8.37. The van der Waals surface area contributed by atoms with E-state index in [0.29, 0.717) is 11.1 Å². The average Bonchev–Trinajstić information content (AvgIpc) is 2.22. The number of aliphatic hydroxyl groups excluding tert-OH is 1. The van der Waals surface area contributed by atoms with E-state index in [9.17, 15) is 13.9 Å². The molecule has 0 saturated heterocycles. The zero-order chi connectivity index (χ0) is 11.0. The van der Waals surface area contributed by atoms with E-state index >= 15 is 0 Å². The van der Waals surface area contributed by atoms with Gasteiger partial charge in [0.15, 0.2) is 11.6 Å². The molecule has 0 unspecified atom stereocenters. The molecule has 0 bridgehead atoms. The SMILES string of the molecule is CC[C@H]1C=Cc2cc(F)c(F)cc2[C@H]1O. The Hall–Kier alpha value is -1.22. The zero-order valence-electron chi connectivity index (χ0n) is 8.37. The van der Waals surface area contributed by atoms with Crippen molar-refractivity contribution in [2.45, 2.75) is 19.4 Å². The molecule has 1 aliphatic carbocycles. The van der Waals surface area contributed by atoms with Gasteiger partial charge in [-0.2, -0.15) is 0 Å². The lowest BCUT2D eigenvalue weighted by molar-refractivity contribution is 0.127. The number of hydrogen-bond acceptors (Lipinski definition) is 1. The molecule has 1 aromatic rings. The highest BCUT2D eigenvalue weighted by Gasteiger charge is 2.24. The molecule has 1 N–H and O–H groups in total. The molecule has 0 radical (unpaired) electrons. The van der Waals surface area contributed by atoms with Crippen molar-refractivity contribution in [1.82, 2.24) is 0 Å². The fraction of sp³-hybridized carbons (Fsp3) is 0.333. The number of aliphatic hydroxyl groups is 1. The van der Waals surface area contributed by atoms with Gasteiger partial charge in [-0.05, 0) is 29.7 Å². The van der Waals surface area contributed by atoms with E-state index in [1.165, 1.54) is 0 Å². The highest BCUT2D eigenvalue weighted by atomic mass is 19.2. The quantitative estimate of drug-likeness (QED) is 0.755. The first-order valence-electron chi connectivity index (χ1n) is 4.98. The predicted octanol–water partition coefficient (Wildman–Crippen LogP) is 3.05. The molecule has 0 saturated carbocycles. The van der Waals surface area contributed by atoms with Crippen LogP contribution in [0.1, 0.15) is 30.6 Å². The van der Waals surface area contributed by atoms with E-state index in [4.69, 9.17) is 0 Å². The normalized spacial score (nSPS) is 24.0. The van der Waals surface area contributed by atoms with E-state index < -0.39 is 17.7 Å². The first-order valence-corrected chi connectivity index (χ1v) is 4.98. The van der Waals surface area contributed by atoms with Gasteiger partial charge >= 0.3 is 0 Å². The second kappa shape index (κ2) is 3.74. The van der Waals surface area contributed by atoms with E-state index in [1.807, 2.05) is 13.0 Å². The Morgan fingerprint density at radius 1 is 1.27 bits per heavy atom. The van der Waals surface area contributed by atoms with Crippen LogP contribution in [0.4, 0.5) is 8.78 Å². The third kappa shape index (κ3) is 1.67. The second-order valence-electron chi connectivity index (χ2n) is 3.77. The lowest BCUT2D eigenvalue weighted by Crippen LogP contribution is -2.14. The summed E-state index contributed by atoms with van der Waals surface area (Å²) in [5.41, 5.74) is 1.04. The average molecular weight is 210 g/mol. The van der Waals surface area contributed by atoms with Crippen LogP contribution < -0.4 is 0 Å². The summed E-state index contributed by atoms with van der Waals surface area (Å²) in [6, 6.07) is 2.21. The molecule has 0 amide bonds. The van der Waals surface area contributed by atoms with Gasteiger partial charge in [0.2, 0.25) is 0 Å². The molecule has 1 aromatic carbocycles. The van der Waals surface area contributed by atoms with E-state index in [-0.39, 0.29) is 5.92 Å². The minimum atomic E-state index is -0.905. The van der Waals surface area contributed by atoms with Gasteiger partial charge < -0.3 is 5.11 Å². The molecule has 2 atom stereocenters. The van der Waals surface area contributed by atoms with Crippen molar-refractivity contribution in [3.8, 4) is 0 Å². The molecule has 0 aliphatic heterocycles. The topological polar surface area (TPSA) is 20.2 Å². The molecule has 80 valence electrons. The summed E-state index contributed by atoms with van der Waals surface area (Å²) in [7, 11) is 0. The lowest BCUT2D eigenvalue weighted by atomic mass is 9.85. The van der Waals surface area contributed by atoms with Gasteiger partial charge in [0.25, 0.3) is 0 Å². The predicted molar refractivity (Wildman–Crippen MR) is 54.1 cm³/mol. The van der Waals surface area contributed by atoms with Crippen molar-refractivity contribution in [3.05, 3.63) is 41.0 Å². The monoisotopic (exact) mass is 210 g/mol. The fourth-order valence-corrected chi connectivity index (χ4v) is 1.90. The van der Waals surface area contributed by atoms with Crippen LogP contribution in [0, 0.1) is 17.6 Å². The maximum Gasteiger partial charge on any atom is 0.159 e. The van der Waals surface area contributed by atoms with E-state index in [1.54, 1.807) is 6.08 Å². The number of hydrogen-bond donors (Lipinski definition) is 1. The van der Waals surface area contributed by atoms with Gasteiger partial charge in [0.1, 0.15) is 0 Å². The fourth-order valence-electron chi connectivity index (χ4n) is 1.90. The van der Waals surface area contributed by atoms with Crippen LogP contribution >= 0.6 is 0 Å². The van der Waals surface area contributed by atoms with Crippen LogP contribution in [0.5, 0.6) is 0 Å². The van der Waals surface area contributed by atoms with Gasteiger partial charge in [-0.15, -0.1) is 0 Å². The highest BCUT2D eigenvalue weighted by Crippen LogP contribution is 2.34. The Balaban J connectivity index is 2.50. The largest absolute Gasteiger partial charge is 0.388 e. The van der Waals surface area contributed by atoms with Crippen molar-refractivity contribution in [2.24, 2.45) is 5.92 Å². The molecule has 0 heterocycles. The van der Waals surface area contributed by atoms with Crippen LogP contribution in [0.15, 0.2) is 18.2 Å². The van der Waals surface area contributed by atoms with Crippen LogP contribution in [-0.4, -0.2) is 5.11 Å². The summed E-state index contributed by atoms with van der Waals surface area (Å²) >= 11 is 0. The summed E-state index contributed by atoms with van der Waals surface area (Å²) in [4.78, 5) is 0.